The Morgan fingerprint density at radius 3 is 2.71 bits per heavy atom. The summed E-state index contributed by atoms with van der Waals surface area (Å²) in [5.74, 6) is -0.286. The molecular formula is C18H17ClN4O. The van der Waals surface area contributed by atoms with Crippen LogP contribution in [-0.2, 0) is 0 Å². The molecule has 0 spiro atoms. The summed E-state index contributed by atoms with van der Waals surface area (Å²) < 4.78 is 1.76. The number of aryl methyl sites for hydroxylation is 1. The minimum atomic E-state index is -0.286. The van der Waals surface area contributed by atoms with Crippen molar-refractivity contribution in [2.24, 2.45) is 5.10 Å². The number of pyridine rings is 1. The van der Waals surface area contributed by atoms with Gasteiger partial charge in [-0.25, -0.2) is 10.4 Å². The Morgan fingerprint density at radius 2 is 2.00 bits per heavy atom. The monoisotopic (exact) mass is 340 g/mol. The van der Waals surface area contributed by atoms with Crippen molar-refractivity contribution in [3.63, 3.8) is 0 Å². The molecule has 122 valence electrons. The minimum Gasteiger partial charge on any atom is -0.295 e. The van der Waals surface area contributed by atoms with Crippen molar-refractivity contribution in [1.82, 2.24) is 14.8 Å². The molecule has 1 N–H and O–H groups in total. The summed E-state index contributed by atoms with van der Waals surface area (Å²) in [7, 11) is 0. The summed E-state index contributed by atoms with van der Waals surface area (Å²) in [5.41, 5.74) is 6.24. The Morgan fingerprint density at radius 1 is 1.25 bits per heavy atom. The van der Waals surface area contributed by atoms with Crippen LogP contribution in [0.5, 0.6) is 0 Å². The highest BCUT2D eigenvalue weighted by molar-refractivity contribution is 6.30. The highest BCUT2D eigenvalue weighted by Gasteiger charge is 2.16. The Balaban J connectivity index is 1.87. The number of halogens is 1. The predicted octanol–water partition coefficient (Wildman–Crippen LogP) is 3.84. The first kappa shape index (κ1) is 16.2. The zero-order chi connectivity index (χ0) is 17.1. The average molecular weight is 341 g/mol. The van der Waals surface area contributed by atoms with Crippen molar-refractivity contribution in [2.45, 2.75) is 20.3 Å². The molecular weight excluding hydrogens is 324 g/mol. The van der Waals surface area contributed by atoms with Gasteiger partial charge in [-0.05, 0) is 43.2 Å². The van der Waals surface area contributed by atoms with E-state index in [1.165, 1.54) is 0 Å². The van der Waals surface area contributed by atoms with Gasteiger partial charge in [0.1, 0.15) is 11.3 Å². The predicted molar refractivity (Wildman–Crippen MR) is 95.7 cm³/mol. The maximum absolute atomic E-state index is 12.5. The molecule has 0 bridgehead atoms. The lowest BCUT2D eigenvalue weighted by Crippen LogP contribution is -2.22. The van der Waals surface area contributed by atoms with E-state index in [-0.39, 0.29) is 5.91 Å². The van der Waals surface area contributed by atoms with Crippen LogP contribution in [0.15, 0.2) is 53.8 Å². The maximum atomic E-state index is 12.5. The molecule has 0 atom stereocenters. The van der Waals surface area contributed by atoms with Gasteiger partial charge in [-0.15, -0.1) is 0 Å². The molecule has 3 aromatic rings. The van der Waals surface area contributed by atoms with Crippen molar-refractivity contribution in [2.75, 3.05) is 0 Å². The van der Waals surface area contributed by atoms with E-state index in [9.17, 15) is 4.79 Å². The lowest BCUT2D eigenvalue weighted by Gasteiger charge is -2.06. The number of hydrogen-bond donors (Lipinski definition) is 1. The van der Waals surface area contributed by atoms with Gasteiger partial charge >= 0.3 is 0 Å². The normalized spacial score (nSPS) is 11.7. The molecule has 6 heteroatoms. The van der Waals surface area contributed by atoms with Crippen molar-refractivity contribution in [3.8, 4) is 0 Å². The smallest absolute Gasteiger partial charge is 0.290 e. The lowest BCUT2D eigenvalue weighted by atomic mass is 10.1. The van der Waals surface area contributed by atoms with E-state index in [0.29, 0.717) is 22.8 Å². The van der Waals surface area contributed by atoms with Crippen LogP contribution in [0.25, 0.3) is 5.65 Å². The van der Waals surface area contributed by atoms with Gasteiger partial charge in [-0.2, -0.15) is 5.10 Å². The third-order valence-electron chi connectivity index (χ3n) is 3.72. The number of rotatable bonds is 4. The molecule has 24 heavy (non-hydrogen) atoms. The molecule has 2 aromatic heterocycles. The van der Waals surface area contributed by atoms with E-state index >= 15 is 0 Å². The number of carbonyl (C=O) groups excluding carboxylic acids is 1. The molecule has 1 amide bonds. The van der Waals surface area contributed by atoms with Crippen LogP contribution in [0.3, 0.4) is 0 Å². The standard InChI is InChI=1S/C18H17ClN4O/c1-3-15(13-7-9-14(19)10-8-13)21-22-18(24)17-12(2)20-16-6-4-5-11-23(16)17/h4-11H,3H2,1-2H3,(H,22,24)/b21-15-. The summed E-state index contributed by atoms with van der Waals surface area (Å²) in [4.78, 5) is 16.9. The second kappa shape index (κ2) is 6.84. The van der Waals surface area contributed by atoms with Crippen molar-refractivity contribution >= 4 is 28.9 Å². The molecule has 2 heterocycles. The van der Waals surface area contributed by atoms with Crippen LogP contribution in [-0.4, -0.2) is 21.0 Å². The van der Waals surface area contributed by atoms with Crippen molar-refractivity contribution < 1.29 is 4.79 Å². The summed E-state index contributed by atoms with van der Waals surface area (Å²) in [6.45, 7) is 3.80. The first-order valence-corrected chi connectivity index (χ1v) is 8.04. The first-order chi connectivity index (χ1) is 11.6. The summed E-state index contributed by atoms with van der Waals surface area (Å²) in [5, 5.41) is 4.95. The number of hydrazone groups is 1. The number of aromatic nitrogens is 2. The third-order valence-corrected chi connectivity index (χ3v) is 3.98. The SMILES string of the molecule is CC/C(=N/NC(=O)c1c(C)nc2ccccn12)c1ccc(Cl)cc1. The van der Waals surface area contributed by atoms with E-state index in [0.717, 1.165) is 16.9 Å². The molecule has 5 nitrogen and oxygen atoms in total. The van der Waals surface area contributed by atoms with Crippen molar-refractivity contribution in [3.05, 3.63) is 70.6 Å². The molecule has 0 aliphatic heterocycles. The Labute approximate surface area is 145 Å². The number of carbonyl (C=O) groups is 1. The summed E-state index contributed by atoms with van der Waals surface area (Å²) in [6.07, 6.45) is 2.50. The van der Waals surface area contributed by atoms with Gasteiger partial charge in [0.25, 0.3) is 5.91 Å². The molecule has 0 aliphatic rings. The largest absolute Gasteiger partial charge is 0.295 e. The molecule has 0 unspecified atom stereocenters. The number of nitrogens with zero attached hydrogens (tertiary/aromatic N) is 3. The van der Waals surface area contributed by atoms with Crippen LogP contribution in [0.1, 0.15) is 35.1 Å². The van der Waals surface area contributed by atoms with Gasteiger partial charge in [-0.3, -0.25) is 9.20 Å². The number of hydrogen-bond acceptors (Lipinski definition) is 3. The molecule has 1 aromatic carbocycles. The van der Waals surface area contributed by atoms with Crippen LogP contribution in [0.4, 0.5) is 0 Å². The second-order valence-electron chi connectivity index (χ2n) is 5.33. The number of fused-ring (bicyclic) bond motifs is 1. The zero-order valence-electron chi connectivity index (χ0n) is 13.5. The molecule has 0 fully saturated rings. The Bertz CT molecular complexity index is 912. The van der Waals surface area contributed by atoms with Crippen LogP contribution < -0.4 is 5.43 Å². The van der Waals surface area contributed by atoms with Gasteiger partial charge in [0.05, 0.1) is 11.4 Å². The second-order valence-corrected chi connectivity index (χ2v) is 5.77. The summed E-state index contributed by atoms with van der Waals surface area (Å²) in [6, 6.07) is 13.0. The number of imidazole rings is 1. The Kier molecular flexibility index (Phi) is 4.62. The average Bonchev–Trinajstić information content (AvgIpc) is 2.92. The third kappa shape index (κ3) is 3.16. The quantitative estimate of drug-likeness (QED) is 0.579. The molecule has 3 rings (SSSR count). The fourth-order valence-electron chi connectivity index (χ4n) is 2.55. The van der Waals surface area contributed by atoms with Crippen LogP contribution >= 0.6 is 11.6 Å². The minimum absolute atomic E-state index is 0.286. The number of nitrogens with one attached hydrogen (secondary N) is 1. The van der Waals surface area contributed by atoms with Gasteiger partial charge in [0, 0.05) is 11.2 Å². The maximum Gasteiger partial charge on any atom is 0.290 e. The van der Waals surface area contributed by atoms with Crippen LogP contribution in [0, 0.1) is 6.92 Å². The fraction of sp³-hybridized carbons (Fsp3) is 0.167. The van der Waals surface area contributed by atoms with E-state index in [4.69, 9.17) is 11.6 Å². The highest BCUT2D eigenvalue weighted by Crippen LogP contribution is 2.13. The van der Waals surface area contributed by atoms with Crippen LogP contribution in [0.2, 0.25) is 5.02 Å². The van der Waals surface area contributed by atoms with Crippen molar-refractivity contribution in [1.29, 1.82) is 0 Å². The number of benzene rings is 1. The molecule has 0 saturated carbocycles. The van der Waals surface area contributed by atoms with Gasteiger partial charge in [0.15, 0.2) is 0 Å². The van der Waals surface area contributed by atoms with Gasteiger partial charge in [0.2, 0.25) is 0 Å². The van der Waals surface area contributed by atoms with Gasteiger partial charge < -0.3 is 0 Å². The summed E-state index contributed by atoms with van der Waals surface area (Å²) >= 11 is 5.91. The fourth-order valence-corrected chi connectivity index (χ4v) is 2.67. The first-order valence-electron chi connectivity index (χ1n) is 7.66. The molecule has 0 saturated heterocycles. The van der Waals surface area contributed by atoms with E-state index in [1.54, 1.807) is 16.5 Å². The molecule has 0 aliphatic carbocycles. The van der Waals surface area contributed by atoms with Gasteiger partial charge in [-0.1, -0.05) is 36.7 Å². The molecule has 0 radical (unpaired) electrons. The zero-order valence-corrected chi connectivity index (χ0v) is 14.2. The van der Waals surface area contributed by atoms with E-state index in [1.807, 2.05) is 50.4 Å². The van der Waals surface area contributed by atoms with E-state index in [2.05, 4.69) is 15.5 Å². The highest BCUT2D eigenvalue weighted by atomic mass is 35.5. The lowest BCUT2D eigenvalue weighted by molar-refractivity contribution is 0.0948. The number of amides is 1. The van der Waals surface area contributed by atoms with E-state index < -0.39 is 0 Å². The Hall–Kier alpha value is -2.66. The topological polar surface area (TPSA) is 58.8 Å².